The van der Waals surface area contributed by atoms with Crippen molar-refractivity contribution in [1.82, 2.24) is 0 Å². The van der Waals surface area contributed by atoms with E-state index in [1.54, 1.807) is 0 Å². The number of hydrogen-bond donors (Lipinski definition) is 1. The van der Waals surface area contributed by atoms with Crippen molar-refractivity contribution in [2.45, 2.75) is 0 Å². The number of phosphoric acid groups is 2. The first kappa shape index (κ1) is 36.7. The monoisotopic (exact) mass is 313 g/mol. The molecule has 16 heteroatoms. The van der Waals surface area contributed by atoms with Crippen LogP contribution in [-0.4, -0.2) is 5.21 Å². The molecule has 0 fully saturated rings. The van der Waals surface area contributed by atoms with Gasteiger partial charge in [-0.3, -0.25) is 0 Å². The average molecular weight is 313 g/mol. The zero-order chi connectivity index (χ0) is 10.4. The summed E-state index contributed by atoms with van der Waals surface area (Å²) in [7, 11) is -11.4. The fraction of sp³-hybridized carbons (Fsp3) is 0. The summed E-state index contributed by atoms with van der Waals surface area (Å²) >= 11 is 0. The molecule has 0 aliphatic carbocycles. The van der Waals surface area contributed by atoms with Crippen LogP contribution in [0.1, 0.15) is 0 Å². The smallest absolute Gasteiger partial charge is 0.790 e. The van der Waals surface area contributed by atoms with E-state index in [0.29, 0.717) is 0 Å². The SMILES string of the molecule is O=NO.O=P([O-])([O-])OP(=O)([O-])[O-].[Na+].[Na+].[Na+].[Na+]. The summed E-state index contributed by atoms with van der Waals surface area (Å²) < 4.78 is 21.2. The molecule has 0 rings (SSSR count). The van der Waals surface area contributed by atoms with E-state index in [0.717, 1.165) is 0 Å². The molecule has 0 aromatic heterocycles. The van der Waals surface area contributed by atoms with Gasteiger partial charge in [0.05, 0.1) is 15.6 Å². The van der Waals surface area contributed by atoms with Crippen molar-refractivity contribution in [2.24, 2.45) is 5.34 Å². The summed E-state index contributed by atoms with van der Waals surface area (Å²) in [5.41, 5.74) is 0. The Balaban J connectivity index is -0.0000000324. The summed E-state index contributed by atoms with van der Waals surface area (Å²) in [5, 5.41) is 7.89. The summed E-state index contributed by atoms with van der Waals surface area (Å²) in [6, 6.07) is 0. The minimum Gasteiger partial charge on any atom is -0.790 e. The molecule has 0 radical (unpaired) electrons. The van der Waals surface area contributed by atoms with Crippen LogP contribution in [0.3, 0.4) is 0 Å². The van der Waals surface area contributed by atoms with Crippen LogP contribution >= 0.6 is 15.6 Å². The predicted octanol–water partition coefficient (Wildman–Crippen LogP) is -15.2. The molecule has 0 heterocycles. The molecular formula is HNNa4O9P2. The molecule has 16 heavy (non-hydrogen) atoms. The van der Waals surface area contributed by atoms with Gasteiger partial charge in [-0.1, -0.05) is 0 Å². The second-order valence-corrected chi connectivity index (χ2v) is 3.50. The topological polar surface area (TPSA) is 185 Å². The summed E-state index contributed by atoms with van der Waals surface area (Å²) in [5.74, 6) is 0. The second kappa shape index (κ2) is 18.7. The first-order chi connectivity index (χ1) is 5.12. The zero-order valence-electron chi connectivity index (χ0n) is 9.05. The quantitative estimate of drug-likeness (QED) is 0.223. The largest absolute Gasteiger partial charge is 1.00 e. The van der Waals surface area contributed by atoms with E-state index < -0.39 is 15.6 Å². The summed E-state index contributed by atoms with van der Waals surface area (Å²) in [6.45, 7) is 0. The fourth-order valence-electron chi connectivity index (χ4n) is 0.122. The maximum atomic E-state index is 9.32. The van der Waals surface area contributed by atoms with Gasteiger partial charge >= 0.3 is 118 Å². The van der Waals surface area contributed by atoms with Gasteiger partial charge in [-0.25, -0.2) is 0 Å². The van der Waals surface area contributed by atoms with Gasteiger partial charge in [0.1, 0.15) is 0 Å². The van der Waals surface area contributed by atoms with Crippen LogP contribution in [0, 0.1) is 4.91 Å². The maximum Gasteiger partial charge on any atom is 1.00 e. The minimum atomic E-state index is -5.68. The van der Waals surface area contributed by atoms with Crippen LogP contribution in [0.25, 0.3) is 0 Å². The van der Waals surface area contributed by atoms with Gasteiger partial charge in [-0.2, -0.15) is 0 Å². The van der Waals surface area contributed by atoms with Crippen molar-refractivity contribution < 1.29 is 156 Å². The molecule has 0 aromatic carbocycles. The molecule has 0 saturated carbocycles. The maximum absolute atomic E-state index is 9.32. The second-order valence-electron chi connectivity index (χ2n) is 1.06. The van der Waals surface area contributed by atoms with Gasteiger partial charge in [0, 0.05) is 0 Å². The average Bonchev–Trinajstić information content (AvgIpc) is 1.53. The third kappa shape index (κ3) is 52.5. The summed E-state index contributed by atoms with van der Waals surface area (Å²) in [4.78, 5) is 45.4. The van der Waals surface area contributed by atoms with Gasteiger partial charge in [0.15, 0.2) is 5.34 Å². The molecule has 0 atom stereocenters. The Labute approximate surface area is 179 Å². The van der Waals surface area contributed by atoms with Crippen LogP contribution in [0.15, 0.2) is 5.34 Å². The molecule has 0 amide bonds. The molecule has 0 spiro atoms. The Morgan fingerprint density at radius 2 is 1.00 bits per heavy atom. The molecule has 0 bridgehead atoms. The Hall–Kier alpha value is 3.66. The number of nitrogens with zero attached hydrogens (tertiary/aromatic N) is 1. The van der Waals surface area contributed by atoms with E-state index in [9.17, 15) is 28.7 Å². The van der Waals surface area contributed by atoms with Crippen LogP contribution in [-0.2, 0) is 13.4 Å². The molecule has 0 aliphatic rings. The van der Waals surface area contributed by atoms with E-state index in [1.165, 1.54) is 5.34 Å². The van der Waals surface area contributed by atoms with E-state index in [4.69, 9.17) is 10.1 Å². The normalized spacial score (nSPS) is 8.50. The summed E-state index contributed by atoms with van der Waals surface area (Å²) in [6.07, 6.45) is 0. The van der Waals surface area contributed by atoms with Gasteiger partial charge in [-0.15, -0.1) is 4.91 Å². The van der Waals surface area contributed by atoms with Crippen molar-refractivity contribution in [3.8, 4) is 0 Å². The predicted molar refractivity (Wildman–Crippen MR) is 23.9 cm³/mol. The van der Waals surface area contributed by atoms with E-state index >= 15 is 0 Å². The van der Waals surface area contributed by atoms with Crippen molar-refractivity contribution in [2.75, 3.05) is 0 Å². The van der Waals surface area contributed by atoms with Crippen molar-refractivity contribution in [3.05, 3.63) is 4.91 Å². The van der Waals surface area contributed by atoms with Crippen molar-refractivity contribution in [3.63, 3.8) is 0 Å². The molecule has 1 N–H and O–H groups in total. The zero-order valence-corrected chi connectivity index (χ0v) is 18.8. The molecule has 0 saturated heterocycles. The van der Waals surface area contributed by atoms with Crippen molar-refractivity contribution >= 4 is 15.6 Å². The van der Waals surface area contributed by atoms with E-state index in [1.807, 2.05) is 0 Å². The Kier molecular flexibility index (Phi) is 42.8. The molecule has 10 nitrogen and oxygen atoms in total. The van der Waals surface area contributed by atoms with Crippen LogP contribution in [0.2, 0.25) is 0 Å². The van der Waals surface area contributed by atoms with Gasteiger partial charge in [0.2, 0.25) is 0 Å². The third-order valence-corrected chi connectivity index (χ3v) is 1.80. The van der Waals surface area contributed by atoms with Gasteiger partial charge < -0.3 is 38.2 Å². The molecule has 0 aliphatic heterocycles. The van der Waals surface area contributed by atoms with Gasteiger partial charge in [-0.05, 0) is 0 Å². The first-order valence-corrected chi connectivity index (χ1v) is 4.76. The van der Waals surface area contributed by atoms with Crippen molar-refractivity contribution in [1.29, 1.82) is 0 Å². The van der Waals surface area contributed by atoms with Gasteiger partial charge in [0.25, 0.3) is 0 Å². The van der Waals surface area contributed by atoms with Crippen LogP contribution in [0.5, 0.6) is 0 Å². The molecule has 74 valence electrons. The van der Waals surface area contributed by atoms with Crippen LogP contribution < -0.4 is 138 Å². The Morgan fingerprint density at radius 3 is 1.00 bits per heavy atom. The number of hydrogen-bond acceptors (Lipinski definition) is 9. The van der Waals surface area contributed by atoms with E-state index in [2.05, 4.69) is 4.31 Å². The number of rotatable bonds is 2. The standard InChI is InChI=1S/HNO2.4Na.H4O7P2/c2-1-3;;;;;1-8(2,3)7-9(4,5)6/h(H,2,3);;;;;(H2,1,2,3)(H2,4,5,6)/q;4*+1;/p-4. The molecular weight excluding hydrogens is 312 g/mol. The first-order valence-electron chi connectivity index (χ1n) is 1.84. The molecule has 0 aromatic rings. The third-order valence-electron chi connectivity index (χ3n) is 0.200. The molecule has 0 unspecified atom stereocenters. The Morgan fingerprint density at radius 1 is 0.875 bits per heavy atom. The Bertz CT molecular complexity index is 200. The van der Waals surface area contributed by atoms with E-state index in [-0.39, 0.29) is 118 Å². The van der Waals surface area contributed by atoms with Crippen LogP contribution in [0.4, 0.5) is 0 Å². The minimum absolute atomic E-state index is 0. The fourth-order valence-corrected chi connectivity index (χ4v) is 1.10.